The molecule has 1 aromatic carbocycles. The third-order valence-electron chi connectivity index (χ3n) is 6.37. The number of carbonyl (C=O) groups excluding carboxylic acids is 1. The summed E-state index contributed by atoms with van der Waals surface area (Å²) in [6.45, 7) is 4.08. The molecule has 162 valence electrons. The molecule has 0 radical (unpaired) electrons. The highest BCUT2D eigenvalue weighted by Crippen LogP contribution is 2.44. The fourth-order valence-corrected chi connectivity index (χ4v) is 4.84. The second kappa shape index (κ2) is 6.14. The maximum atomic E-state index is 13.3. The largest absolute Gasteiger partial charge is 0.458 e. The molecule has 0 bridgehead atoms. The molecule has 0 amide bonds. The van der Waals surface area contributed by atoms with Crippen LogP contribution in [0.1, 0.15) is 28.4 Å². The van der Waals surface area contributed by atoms with Crippen molar-refractivity contribution in [2.24, 2.45) is 5.10 Å². The van der Waals surface area contributed by atoms with Gasteiger partial charge in [0.25, 0.3) is 5.56 Å². The average Bonchev–Trinajstić information content (AvgIpc) is 3.52. The van der Waals surface area contributed by atoms with E-state index in [0.29, 0.717) is 28.4 Å². The summed E-state index contributed by atoms with van der Waals surface area (Å²) < 4.78 is 19.2. The smallest absolute Gasteiger partial charge is 0.340 e. The van der Waals surface area contributed by atoms with Crippen LogP contribution in [0.2, 0.25) is 0 Å². The first kappa shape index (κ1) is 18.3. The highest BCUT2D eigenvalue weighted by molar-refractivity contribution is 6.16. The van der Waals surface area contributed by atoms with Crippen LogP contribution in [0, 0.1) is 0 Å². The normalized spacial score (nSPS) is 19.4. The van der Waals surface area contributed by atoms with Crippen molar-refractivity contribution in [3.05, 3.63) is 57.0 Å². The Morgan fingerprint density at radius 2 is 1.94 bits per heavy atom. The van der Waals surface area contributed by atoms with Gasteiger partial charge in [-0.1, -0.05) is 4.68 Å². The number of aliphatic hydroxyl groups is 1. The first-order chi connectivity index (χ1) is 16.0. The van der Waals surface area contributed by atoms with E-state index in [2.05, 4.69) is 11.8 Å². The Hall–Kier alpha value is -4.31. The Bertz CT molecular complexity index is 1600. The Morgan fingerprint density at radius 1 is 1.12 bits per heavy atom. The number of aliphatic hydroxyl groups excluding tert-OH is 1. The predicted octanol–water partition coefficient (Wildman–Crippen LogP) is 1.30. The number of esters is 1. The number of cyclic esters (lactones) is 1. The number of allylic oxidation sites excluding steroid dienone is 1. The number of hydrogen-bond acceptors (Lipinski definition) is 8. The van der Waals surface area contributed by atoms with Crippen molar-refractivity contribution in [1.29, 1.82) is 0 Å². The third-order valence-corrected chi connectivity index (χ3v) is 6.37. The third kappa shape index (κ3) is 2.38. The maximum absolute atomic E-state index is 13.3. The summed E-state index contributed by atoms with van der Waals surface area (Å²) in [4.78, 5) is 30.1. The van der Waals surface area contributed by atoms with Gasteiger partial charge in [0.2, 0.25) is 13.0 Å². The minimum Gasteiger partial charge on any atom is -0.458 e. The van der Waals surface area contributed by atoms with Crippen molar-refractivity contribution in [1.82, 2.24) is 9.55 Å². The van der Waals surface area contributed by atoms with Gasteiger partial charge in [-0.05, 0) is 17.2 Å². The molecule has 1 atom stereocenters. The molecular formula is C23H15N4O6+. The van der Waals surface area contributed by atoms with Crippen molar-refractivity contribution < 1.29 is 28.8 Å². The highest BCUT2D eigenvalue weighted by atomic mass is 16.7. The van der Waals surface area contributed by atoms with Crippen molar-refractivity contribution in [3.8, 4) is 22.9 Å². The number of carbonyl (C=O) groups is 1. The number of fused-ring (bicyclic) bond motifs is 6. The molecule has 33 heavy (non-hydrogen) atoms. The van der Waals surface area contributed by atoms with Gasteiger partial charge in [0.05, 0.1) is 34.6 Å². The molecule has 0 spiro atoms. The van der Waals surface area contributed by atoms with Gasteiger partial charge in [0.1, 0.15) is 12.8 Å². The van der Waals surface area contributed by atoms with E-state index >= 15 is 0 Å². The van der Waals surface area contributed by atoms with Crippen LogP contribution >= 0.6 is 0 Å². The highest BCUT2D eigenvalue weighted by Gasteiger charge is 2.36. The minimum absolute atomic E-state index is 0.135. The van der Waals surface area contributed by atoms with E-state index in [1.165, 1.54) is 4.68 Å². The number of pyridine rings is 2. The fraction of sp³-hybridized carbons (Fsp3) is 0.174. The Balaban J connectivity index is 1.56. The van der Waals surface area contributed by atoms with Crippen LogP contribution in [0.15, 0.2) is 34.3 Å². The first-order valence-electron chi connectivity index (χ1n) is 10.2. The van der Waals surface area contributed by atoms with Gasteiger partial charge in [-0.3, -0.25) is 4.79 Å². The second-order valence-corrected chi connectivity index (χ2v) is 8.17. The van der Waals surface area contributed by atoms with Crippen LogP contribution in [-0.2, 0) is 22.7 Å². The number of benzene rings is 1. The SMILES string of the molecule is C=[N+]1C=C(c2c3c(nc4cc5c(cc24)OCO5)-c2cc4c(c(=O)n2C3)COC(=O)C4O)C=N1. The van der Waals surface area contributed by atoms with Gasteiger partial charge in [-0.2, -0.15) is 0 Å². The molecule has 1 N–H and O–H groups in total. The molecule has 3 aromatic rings. The molecule has 0 saturated carbocycles. The molecule has 4 aliphatic heterocycles. The Kier molecular flexibility index (Phi) is 3.40. The summed E-state index contributed by atoms with van der Waals surface area (Å²) in [6, 6.07) is 5.35. The van der Waals surface area contributed by atoms with Crippen LogP contribution in [0.5, 0.6) is 11.5 Å². The molecule has 0 aliphatic carbocycles. The van der Waals surface area contributed by atoms with Crippen molar-refractivity contribution in [2.75, 3.05) is 6.79 Å². The van der Waals surface area contributed by atoms with Gasteiger partial charge in [-0.25, -0.2) is 9.78 Å². The zero-order chi connectivity index (χ0) is 22.4. The van der Waals surface area contributed by atoms with Crippen molar-refractivity contribution >= 4 is 35.4 Å². The van der Waals surface area contributed by atoms with E-state index in [-0.39, 0.29) is 36.6 Å². The topological polar surface area (TPSA) is 115 Å². The molecule has 7 rings (SSSR count). The van der Waals surface area contributed by atoms with E-state index in [4.69, 9.17) is 19.2 Å². The number of ether oxygens (including phenoxy) is 3. The number of aromatic nitrogens is 2. The molecule has 1 unspecified atom stereocenters. The lowest BCUT2D eigenvalue weighted by Crippen LogP contribution is -2.32. The lowest BCUT2D eigenvalue weighted by atomic mass is 9.94. The van der Waals surface area contributed by atoms with Gasteiger partial charge in [0, 0.05) is 28.1 Å². The van der Waals surface area contributed by atoms with E-state index in [1.54, 1.807) is 29.1 Å². The van der Waals surface area contributed by atoms with Crippen LogP contribution in [-0.4, -0.2) is 45.0 Å². The quantitative estimate of drug-likeness (QED) is 0.348. The number of hydrogen-bond donors (Lipinski definition) is 1. The fourth-order valence-electron chi connectivity index (χ4n) is 4.84. The maximum Gasteiger partial charge on any atom is 0.340 e. The average molecular weight is 443 g/mol. The van der Waals surface area contributed by atoms with Gasteiger partial charge >= 0.3 is 5.97 Å². The van der Waals surface area contributed by atoms with E-state index in [0.717, 1.165) is 22.1 Å². The lowest BCUT2D eigenvalue weighted by Gasteiger charge is -2.21. The number of nitrogens with zero attached hydrogens (tertiary/aromatic N) is 4. The Morgan fingerprint density at radius 3 is 2.73 bits per heavy atom. The number of rotatable bonds is 1. The van der Waals surface area contributed by atoms with Crippen LogP contribution in [0.25, 0.3) is 27.9 Å². The van der Waals surface area contributed by atoms with E-state index in [1.807, 2.05) is 6.07 Å². The summed E-state index contributed by atoms with van der Waals surface area (Å²) in [5.74, 6) is 0.440. The van der Waals surface area contributed by atoms with Crippen LogP contribution in [0.4, 0.5) is 0 Å². The summed E-state index contributed by atoms with van der Waals surface area (Å²) in [5.41, 5.74) is 4.51. The summed E-state index contributed by atoms with van der Waals surface area (Å²) in [5, 5.41) is 15.4. The molecular weight excluding hydrogens is 428 g/mol. The first-order valence-corrected chi connectivity index (χ1v) is 10.2. The summed E-state index contributed by atoms with van der Waals surface area (Å²) >= 11 is 0. The zero-order valence-corrected chi connectivity index (χ0v) is 17.1. The Labute approximate surface area is 185 Å². The van der Waals surface area contributed by atoms with Gasteiger partial charge in [-0.15, -0.1) is 0 Å². The van der Waals surface area contributed by atoms with Crippen LogP contribution < -0.4 is 15.0 Å². The molecule has 2 aromatic heterocycles. The van der Waals surface area contributed by atoms with Crippen LogP contribution in [0.3, 0.4) is 0 Å². The van der Waals surface area contributed by atoms with E-state index in [9.17, 15) is 14.7 Å². The zero-order valence-electron chi connectivity index (χ0n) is 17.1. The monoisotopic (exact) mass is 443 g/mol. The molecule has 0 fully saturated rings. The standard InChI is InChI=1S/C23H15N4O6/c1-26-6-10(5-24-26)19-12-3-17-18(33-9-32-17)4-15(12)25-20-13(19)7-27-16(20)2-11-14(22(27)29)8-31-23(30)21(11)28/h2-6,21,28H,1,7-9H2/q+1. The summed E-state index contributed by atoms with van der Waals surface area (Å²) in [6.07, 6.45) is 2.00. The number of hydrazone groups is 1. The lowest BCUT2D eigenvalue weighted by molar-refractivity contribution is -0.447. The van der Waals surface area contributed by atoms with E-state index < -0.39 is 12.1 Å². The second-order valence-electron chi connectivity index (χ2n) is 8.17. The predicted molar refractivity (Wildman–Crippen MR) is 115 cm³/mol. The summed E-state index contributed by atoms with van der Waals surface area (Å²) in [7, 11) is 0. The molecule has 10 nitrogen and oxygen atoms in total. The molecule has 10 heteroatoms. The van der Waals surface area contributed by atoms with Gasteiger partial charge in [0.15, 0.2) is 24.3 Å². The molecule has 6 heterocycles. The molecule has 0 saturated heterocycles. The van der Waals surface area contributed by atoms with Gasteiger partial charge < -0.3 is 23.9 Å². The van der Waals surface area contributed by atoms with Crippen molar-refractivity contribution in [3.63, 3.8) is 0 Å². The minimum atomic E-state index is -1.51. The van der Waals surface area contributed by atoms with Crippen molar-refractivity contribution in [2.45, 2.75) is 19.3 Å². The molecule has 4 aliphatic rings.